The maximum absolute atomic E-state index is 13.8. The molecular formula is C28H28Cl4N2O2. The van der Waals surface area contributed by atoms with Gasteiger partial charge >= 0.3 is 0 Å². The molecule has 0 radical (unpaired) electrons. The molecule has 0 aromatic heterocycles. The molecule has 1 N–H and O–H groups in total. The average Bonchev–Trinajstić information content (AvgIpc) is 2.80. The van der Waals surface area contributed by atoms with Crippen LogP contribution in [0.2, 0.25) is 20.1 Å². The van der Waals surface area contributed by atoms with Crippen molar-refractivity contribution in [2.45, 2.75) is 51.7 Å². The fourth-order valence-corrected chi connectivity index (χ4v) is 4.41. The van der Waals surface area contributed by atoms with Gasteiger partial charge < -0.3 is 10.2 Å². The summed E-state index contributed by atoms with van der Waals surface area (Å²) in [6.07, 6.45) is 0.392. The Labute approximate surface area is 232 Å². The molecule has 0 spiro atoms. The minimum Gasteiger partial charge on any atom is -0.350 e. The van der Waals surface area contributed by atoms with E-state index < -0.39 is 11.6 Å². The van der Waals surface area contributed by atoms with E-state index in [4.69, 9.17) is 46.4 Å². The number of carbonyl (C=O) groups is 2. The molecule has 3 aromatic carbocycles. The zero-order chi connectivity index (χ0) is 26.5. The highest BCUT2D eigenvalue weighted by atomic mass is 35.5. The van der Waals surface area contributed by atoms with Crippen LogP contribution in [0, 0.1) is 0 Å². The first-order chi connectivity index (χ1) is 16.9. The van der Waals surface area contributed by atoms with Crippen molar-refractivity contribution >= 4 is 58.2 Å². The summed E-state index contributed by atoms with van der Waals surface area (Å²) in [5, 5.41) is 4.61. The molecule has 0 fully saturated rings. The Balaban J connectivity index is 2.02. The van der Waals surface area contributed by atoms with E-state index >= 15 is 0 Å². The van der Waals surface area contributed by atoms with Crippen LogP contribution < -0.4 is 5.32 Å². The van der Waals surface area contributed by atoms with Gasteiger partial charge in [-0.1, -0.05) is 88.9 Å². The van der Waals surface area contributed by atoms with Crippen molar-refractivity contribution in [2.75, 3.05) is 0 Å². The molecule has 1 atom stereocenters. The second-order valence-electron chi connectivity index (χ2n) is 9.64. The van der Waals surface area contributed by atoms with Crippen LogP contribution >= 0.6 is 46.4 Å². The summed E-state index contributed by atoms with van der Waals surface area (Å²) in [7, 11) is 0. The summed E-state index contributed by atoms with van der Waals surface area (Å²) in [5.41, 5.74) is 1.92. The summed E-state index contributed by atoms with van der Waals surface area (Å²) < 4.78 is 0. The monoisotopic (exact) mass is 564 g/mol. The van der Waals surface area contributed by atoms with Crippen LogP contribution in [0.1, 0.15) is 37.5 Å². The third-order valence-corrected chi connectivity index (χ3v) is 6.92. The topological polar surface area (TPSA) is 49.4 Å². The number of nitrogens with zero attached hydrogens (tertiary/aromatic N) is 1. The Morgan fingerprint density at radius 3 is 1.89 bits per heavy atom. The SMILES string of the molecule is CC(C)(C)NC(=O)C(Cc1ccccc1)N(Cc1ccc(Cl)c(Cl)c1)C(=O)Cc1ccc(Cl)c(Cl)c1. The zero-order valence-corrected chi connectivity index (χ0v) is 23.3. The highest BCUT2D eigenvalue weighted by Crippen LogP contribution is 2.26. The van der Waals surface area contributed by atoms with E-state index in [1.54, 1.807) is 41.3 Å². The van der Waals surface area contributed by atoms with Gasteiger partial charge in [-0.15, -0.1) is 0 Å². The summed E-state index contributed by atoms with van der Waals surface area (Å²) in [6, 6.07) is 19.1. The third-order valence-electron chi connectivity index (χ3n) is 5.45. The lowest BCUT2D eigenvalue weighted by atomic mass is 10.00. The van der Waals surface area contributed by atoms with Gasteiger partial charge in [-0.2, -0.15) is 0 Å². The van der Waals surface area contributed by atoms with Crippen molar-refractivity contribution in [3.05, 3.63) is 104 Å². The van der Waals surface area contributed by atoms with E-state index in [9.17, 15) is 9.59 Å². The standard InChI is InChI=1S/C28H28Cl4N2O2/c1-28(2,3)33-27(36)25(15-18-7-5-4-6-8-18)34(17-20-10-12-22(30)24(32)14-20)26(35)16-19-9-11-21(29)23(31)13-19/h4-14,25H,15-17H2,1-3H3,(H,33,36). The molecule has 0 aliphatic carbocycles. The molecule has 0 bridgehead atoms. The van der Waals surface area contributed by atoms with Gasteiger partial charge in [-0.3, -0.25) is 9.59 Å². The van der Waals surface area contributed by atoms with E-state index in [1.165, 1.54) is 0 Å². The first kappa shape index (κ1) is 28.3. The van der Waals surface area contributed by atoms with Crippen LogP contribution in [0.15, 0.2) is 66.7 Å². The fraction of sp³-hybridized carbons (Fsp3) is 0.286. The minimum absolute atomic E-state index is 0.0479. The molecule has 190 valence electrons. The maximum atomic E-state index is 13.8. The lowest BCUT2D eigenvalue weighted by Gasteiger charge is -2.34. The normalized spacial score (nSPS) is 12.2. The molecule has 0 saturated heterocycles. The average molecular weight is 566 g/mol. The summed E-state index contributed by atoms with van der Waals surface area (Å²) >= 11 is 24.6. The van der Waals surface area contributed by atoms with Crippen LogP contribution in [0.5, 0.6) is 0 Å². The summed E-state index contributed by atoms with van der Waals surface area (Å²) in [4.78, 5) is 29.0. The van der Waals surface area contributed by atoms with Crippen LogP contribution in [0.3, 0.4) is 0 Å². The van der Waals surface area contributed by atoms with Crippen LogP contribution in [-0.2, 0) is 29.0 Å². The number of carbonyl (C=O) groups excluding carboxylic acids is 2. The van der Waals surface area contributed by atoms with E-state index in [1.807, 2.05) is 51.1 Å². The molecule has 3 rings (SSSR count). The number of benzene rings is 3. The molecule has 0 aliphatic heterocycles. The van der Waals surface area contributed by atoms with Gasteiger partial charge in [0.15, 0.2) is 0 Å². The molecule has 8 heteroatoms. The Hall–Kier alpha value is -2.24. The van der Waals surface area contributed by atoms with Gasteiger partial charge in [-0.25, -0.2) is 0 Å². The first-order valence-corrected chi connectivity index (χ1v) is 13.0. The van der Waals surface area contributed by atoms with Gasteiger partial charge in [0.05, 0.1) is 26.5 Å². The quantitative estimate of drug-likeness (QED) is 0.309. The second-order valence-corrected chi connectivity index (χ2v) is 11.3. The van der Waals surface area contributed by atoms with E-state index in [2.05, 4.69) is 5.32 Å². The highest BCUT2D eigenvalue weighted by molar-refractivity contribution is 6.42. The van der Waals surface area contributed by atoms with E-state index in [0.717, 1.165) is 11.1 Å². The molecule has 1 unspecified atom stereocenters. The lowest BCUT2D eigenvalue weighted by molar-refractivity contribution is -0.141. The number of nitrogens with one attached hydrogen (secondary N) is 1. The Kier molecular flexibility index (Phi) is 9.71. The smallest absolute Gasteiger partial charge is 0.243 e. The van der Waals surface area contributed by atoms with Crippen molar-refractivity contribution in [1.82, 2.24) is 10.2 Å². The molecule has 0 aliphatic rings. The first-order valence-electron chi connectivity index (χ1n) is 11.5. The predicted molar refractivity (Wildman–Crippen MR) is 149 cm³/mol. The van der Waals surface area contributed by atoms with Crippen molar-refractivity contribution in [1.29, 1.82) is 0 Å². The number of halogens is 4. The van der Waals surface area contributed by atoms with Crippen LogP contribution in [0.25, 0.3) is 0 Å². The fourth-order valence-electron chi connectivity index (χ4n) is 3.77. The van der Waals surface area contributed by atoms with Crippen molar-refractivity contribution in [3.63, 3.8) is 0 Å². The largest absolute Gasteiger partial charge is 0.350 e. The zero-order valence-electron chi connectivity index (χ0n) is 20.3. The van der Waals surface area contributed by atoms with Gasteiger partial charge in [0.1, 0.15) is 6.04 Å². The molecule has 0 heterocycles. The molecule has 2 amide bonds. The number of hydrogen-bond donors (Lipinski definition) is 1. The van der Waals surface area contributed by atoms with Gasteiger partial charge in [0.25, 0.3) is 0 Å². The highest BCUT2D eigenvalue weighted by Gasteiger charge is 2.32. The van der Waals surface area contributed by atoms with Crippen molar-refractivity contribution in [2.24, 2.45) is 0 Å². The third kappa shape index (κ3) is 8.14. The molecule has 36 heavy (non-hydrogen) atoms. The van der Waals surface area contributed by atoms with Crippen LogP contribution in [-0.4, -0.2) is 28.3 Å². The molecular weight excluding hydrogens is 538 g/mol. The Bertz CT molecular complexity index is 1230. The van der Waals surface area contributed by atoms with Crippen molar-refractivity contribution in [3.8, 4) is 0 Å². The van der Waals surface area contributed by atoms with Gasteiger partial charge in [0.2, 0.25) is 11.8 Å². The number of rotatable bonds is 8. The summed E-state index contributed by atoms with van der Waals surface area (Å²) in [5.74, 6) is -0.474. The predicted octanol–water partition coefficient (Wildman–Crippen LogP) is 7.40. The van der Waals surface area contributed by atoms with Crippen molar-refractivity contribution < 1.29 is 9.59 Å². The Morgan fingerprint density at radius 2 is 1.33 bits per heavy atom. The second kappa shape index (κ2) is 12.3. The number of hydrogen-bond acceptors (Lipinski definition) is 2. The molecule has 0 saturated carbocycles. The molecule has 3 aromatic rings. The molecule has 4 nitrogen and oxygen atoms in total. The van der Waals surface area contributed by atoms with Gasteiger partial charge in [-0.05, 0) is 61.7 Å². The summed E-state index contributed by atoms with van der Waals surface area (Å²) in [6.45, 7) is 5.90. The van der Waals surface area contributed by atoms with E-state index in [-0.39, 0.29) is 24.8 Å². The van der Waals surface area contributed by atoms with Gasteiger partial charge in [0, 0.05) is 18.5 Å². The van der Waals surface area contributed by atoms with Crippen LogP contribution in [0.4, 0.5) is 0 Å². The lowest BCUT2D eigenvalue weighted by Crippen LogP contribution is -2.54. The Morgan fingerprint density at radius 1 is 0.778 bits per heavy atom. The number of amides is 2. The maximum Gasteiger partial charge on any atom is 0.243 e. The van der Waals surface area contributed by atoms with E-state index in [0.29, 0.717) is 32.1 Å². The minimum atomic E-state index is -0.767.